The quantitative estimate of drug-likeness (QED) is 0.501. The Morgan fingerprint density at radius 1 is 1.16 bits per heavy atom. The van der Waals surface area contributed by atoms with Crippen molar-refractivity contribution in [2.75, 3.05) is 13.2 Å². The molecule has 1 saturated heterocycles. The summed E-state index contributed by atoms with van der Waals surface area (Å²) >= 11 is 1.26. The van der Waals surface area contributed by atoms with Crippen LogP contribution >= 0.6 is 11.3 Å². The van der Waals surface area contributed by atoms with Gasteiger partial charge >= 0.3 is 18.0 Å². The number of carbonyl (C=O) groups excluding carboxylic acids is 3. The van der Waals surface area contributed by atoms with E-state index in [0.717, 1.165) is 0 Å². The number of aromatic nitrogens is 1. The third kappa shape index (κ3) is 5.81. The molecule has 0 N–H and O–H groups in total. The van der Waals surface area contributed by atoms with E-state index >= 15 is 0 Å². The van der Waals surface area contributed by atoms with Crippen LogP contribution in [0.1, 0.15) is 66.0 Å². The van der Waals surface area contributed by atoms with Gasteiger partial charge in [-0.1, -0.05) is 18.2 Å². The summed E-state index contributed by atoms with van der Waals surface area (Å²) in [6.45, 7) is 7.49. The molecule has 0 unspecified atom stereocenters. The number of benzene rings is 1. The van der Waals surface area contributed by atoms with E-state index in [1.807, 2.05) is 6.07 Å². The van der Waals surface area contributed by atoms with Crippen LogP contribution in [0.3, 0.4) is 0 Å². The predicted molar refractivity (Wildman–Crippen MR) is 114 cm³/mol. The highest BCUT2D eigenvalue weighted by Crippen LogP contribution is 2.36. The normalized spacial score (nSPS) is 18.5. The van der Waals surface area contributed by atoms with Crippen molar-refractivity contribution in [3.63, 3.8) is 0 Å². The van der Waals surface area contributed by atoms with E-state index in [1.165, 1.54) is 16.2 Å². The van der Waals surface area contributed by atoms with Gasteiger partial charge in [0.15, 0.2) is 5.69 Å². The van der Waals surface area contributed by atoms with Crippen molar-refractivity contribution in [1.82, 2.24) is 9.88 Å². The lowest BCUT2D eigenvalue weighted by atomic mass is 10.2. The summed E-state index contributed by atoms with van der Waals surface area (Å²) in [4.78, 5) is 43.2. The van der Waals surface area contributed by atoms with Crippen molar-refractivity contribution in [2.24, 2.45) is 0 Å². The number of likely N-dealkylation sites (tertiary alicyclic amines) is 1. The minimum Gasteiger partial charge on any atom is -0.461 e. The molecule has 31 heavy (non-hydrogen) atoms. The molecule has 2 atom stereocenters. The van der Waals surface area contributed by atoms with Gasteiger partial charge in [-0.15, -0.1) is 11.3 Å². The van der Waals surface area contributed by atoms with E-state index in [0.29, 0.717) is 17.0 Å². The molecule has 166 valence electrons. The van der Waals surface area contributed by atoms with Crippen LogP contribution < -0.4 is 0 Å². The first-order valence-corrected chi connectivity index (χ1v) is 10.9. The number of thiazole rings is 1. The molecule has 2 heterocycles. The van der Waals surface area contributed by atoms with E-state index in [2.05, 4.69) is 4.98 Å². The van der Waals surface area contributed by atoms with Crippen LogP contribution in [0.4, 0.5) is 4.79 Å². The topological polar surface area (TPSA) is 95.0 Å². The molecule has 9 heteroatoms. The van der Waals surface area contributed by atoms with E-state index in [4.69, 9.17) is 14.2 Å². The molecule has 8 nitrogen and oxygen atoms in total. The molecule has 1 aromatic carbocycles. The van der Waals surface area contributed by atoms with Gasteiger partial charge < -0.3 is 14.2 Å². The standard InChI is InChI=1S/C22H26N2O6S/c1-5-28-20(26)16-13-31-18(23-16)17-11-15(12-24(17)21(27)30-22(2,3)4)29-19(25)14-9-7-6-8-10-14/h6-10,13,15,17H,5,11-12H2,1-4H3/t15-,17+/m0/s1. The maximum atomic E-state index is 12.8. The Kier molecular flexibility index (Phi) is 6.94. The Hall–Kier alpha value is -2.94. The zero-order valence-electron chi connectivity index (χ0n) is 18.0. The van der Waals surface area contributed by atoms with Crippen LogP contribution in [-0.2, 0) is 14.2 Å². The summed E-state index contributed by atoms with van der Waals surface area (Å²) in [5.41, 5.74) is -0.0521. The average molecular weight is 447 g/mol. The number of hydrogen-bond acceptors (Lipinski definition) is 8. The number of carbonyl (C=O) groups is 3. The highest BCUT2D eigenvalue weighted by molar-refractivity contribution is 7.09. The second-order valence-corrected chi connectivity index (χ2v) is 8.96. The molecule has 0 saturated carbocycles. The lowest BCUT2D eigenvalue weighted by Crippen LogP contribution is -2.37. The summed E-state index contributed by atoms with van der Waals surface area (Å²) in [5.74, 6) is -0.972. The van der Waals surface area contributed by atoms with Gasteiger partial charge in [-0.05, 0) is 39.8 Å². The monoisotopic (exact) mass is 446 g/mol. The van der Waals surface area contributed by atoms with Crippen molar-refractivity contribution >= 4 is 29.4 Å². The Morgan fingerprint density at radius 2 is 1.87 bits per heavy atom. The van der Waals surface area contributed by atoms with Crippen molar-refractivity contribution in [3.8, 4) is 0 Å². The fourth-order valence-electron chi connectivity index (χ4n) is 3.17. The smallest absolute Gasteiger partial charge is 0.411 e. The molecule has 3 rings (SSSR count). The molecule has 0 aliphatic carbocycles. The van der Waals surface area contributed by atoms with Crippen LogP contribution in [0, 0.1) is 0 Å². The number of rotatable bonds is 5. The van der Waals surface area contributed by atoms with Crippen molar-refractivity contribution in [2.45, 2.75) is 51.9 Å². The first-order valence-electron chi connectivity index (χ1n) is 10.1. The van der Waals surface area contributed by atoms with Crippen LogP contribution in [-0.4, -0.2) is 52.8 Å². The van der Waals surface area contributed by atoms with Gasteiger partial charge in [-0.3, -0.25) is 4.90 Å². The minimum absolute atomic E-state index is 0.173. The SMILES string of the molecule is CCOC(=O)c1csc([C@H]2C[C@H](OC(=O)c3ccccc3)CN2C(=O)OC(C)(C)C)n1. The van der Waals surface area contributed by atoms with Gasteiger partial charge in [-0.2, -0.15) is 0 Å². The first kappa shape index (κ1) is 22.7. The number of nitrogens with zero attached hydrogens (tertiary/aromatic N) is 2. The molecule has 1 fully saturated rings. The second-order valence-electron chi connectivity index (χ2n) is 8.07. The van der Waals surface area contributed by atoms with E-state index in [1.54, 1.807) is 57.3 Å². The van der Waals surface area contributed by atoms with E-state index in [-0.39, 0.29) is 18.8 Å². The predicted octanol–water partition coefficient (Wildman–Crippen LogP) is 4.23. The lowest BCUT2D eigenvalue weighted by Gasteiger charge is -2.27. The van der Waals surface area contributed by atoms with Gasteiger partial charge in [0.1, 0.15) is 16.7 Å². The molecular weight excluding hydrogens is 420 g/mol. The summed E-state index contributed by atoms with van der Waals surface area (Å²) in [6.07, 6.45) is -0.697. The highest BCUT2D eigenvalue weighted by Gasteiger charge is 2.42. The number of ether oxygens (including phenoxy) is 3. The van der Waals surface area contributed by atoms with E-state index < -0.39 is 35.8 Å². The maximum Gasteiger partial charge on any atom is 0.411 e. The lowest BCUT2D eigenvalue weighted by molar-refractivity contribution is 0.0158. The summed E-state index contributed by atoms with van der Waals surface area (Å²) in [7, 11) is 0. The third-order valence-corrected chi connectivity index (χ3v) is 5.41. The van der Waals surface area contributed by atoms with Crippen LogP contribution in [0.5, 0.6) is 0 Å². The van der Waals surface area contributed by atoms with Gasteiger partial charge in [0, 0.05) is 11.8 Å². The third-order valence-electron chi connectivity index (χ3n) is 4.47. The van der Waals surface area contributed by atoms with Crippen LogP contribution in [0.25, 0.3) is 0 Å². The Labute approximate surface area is 185 Å². The molecule has 0 spiro atoms. The maximum absolute atomic E-state index is 12.8. The molecule has 0 bridgehead atoms. The second kappa shape index (κ2) is 9.47. The van der Waals surface area contributed by atoms with Gasteiger partial charge in [0.25, 0.3) is 0 Å². The van der Waals surface area contributed by atoms with Crippen molar-refractivity contribution < 1.29 is 28.6 Å². The van der Waals surface area contributed by atoms with Gasteiger partial charge in [-0.25, -0.2) is 19.4 Å². The zero-order chi connectivity index (χ0) is 22.6. The highest BCUT2D eigenvalue weighted by atomic mass is 32.1. The first-order chi connectivity index (χ1) is 14.7. The zero-order valence-corrected chi connectivity index (χ0v) is 18.8. The van der Waals surface area contributed by atoms with Crippen molar-refractivity contribution in [3.05, 3.63) is 52.0 Å². The average Bonchev–Trinajstić information content (AvgIpc) is 3.34. The van der Waals surface area contributed by atoms with Crippen LogP contribution in [0.2, 0.25) is 0 Å². The molecule has 2 aromatic rings. The fourth-order valence-corrected chi connectivity index (χ4v) is 4.09. The number of amides is 1. The Bertz CT molecular complexity index is 937. The summed E-state index contributed by atoms with van der Waals surface area (Å²) in [6, 6.07) is 8.20. The van der Waals surface area contributed by atoms with Gasteiger partial charge in [0.2, 0.25) is 0 Å². The molecule has 1 amide bonds. The van der Waals surface area contributed by atoms with E-state index in [9.17, 15) is 14.4 Å². The summed E-state index contributed by atoms with van der Waals surface area (Å²) in [5, 5.41) is 2.16. The number of hydrogen-bond donors (Lipinski definition) is 0. The Balaban J connectivity index is 1.79. The fraction of sp³-hybridized carbons (Fsp3) is 0.455. The van der Waals surface area contributed by atoms with Crippen molar-refractivity contribution in [1.29, 1.82) is 0 Å². The van der Waals surface area contributed by atoms with Crippen LogP contribution in [0.15, 0.2) is 35.7 Å². The largest absolute Gasteiger partial charge is 0.461 e. The molecule has 1 aliphatic rings. The molecular formula is C22H26N2O6S. The minimum atomic E-state index is -0.681. The molecule has 1 aliphatic heterocycles. The molecule has 1 aromatic heterocycles. The number of esters is 2. The molecule has 0 radical (unpaired) electrons. The Morgan fingerprint density at radius 3 is 2.52 bits per heavy atom. The summed E-state index contributed by atoms with van der Waals surface area (Å²) < 4.78 is 16.2. The van der Waals surface area contributed by atoms with Gasteiger partial charge in [0.05, 0.1) is 24.8 Å².